The van der Waals surface area contributed by atoms with Crippen molar-refractivity contribution in [3.05, 3.63) is 126 Å². The molecule has 3 aromatic carbocycles. The molecule has 1 heteroatoms. The second kappa shape index (κ2) is 8.14. The molecule has 0 radical (unpaired) electrons. The molecule has 1 heterocycles. The number of nitrogens with one attached hydrogen (secondary N) is 1. The number of hydrogen-bond donors (Lipinski definition) is 1. The van der Waals surface area contributed by atoms with Gasteiger partial charge in [-0.25, -0.2) is 0 Å². The second-order valence-electron chi connectivity index (χ2n) is 7.31. The fourth-order valence-electron chi connectivity index (χ4n) is 3.75. The average molecular weight is 364 g/mol. The van der Waals surface area contributed by atoms with Crippen molar-refractivity contribution in [3.8, 4) is 0 Å². The molecular weight excluding hydrogens is 338 g/mol. The van der Waals surface area contributed by atoms with Crippen molar-refractivity contribution in [2.75, 3.05) is 5.32 Å². The SMILES string of the molecule is C=C(Cc1ccccc1)c1cc2c(cc1CCc1ccccc1)NC=CC2=C. The third-order valence-corrected chi connectivity index (χ3v) is 5.28. The Morgan fingerprint density at radius 1 is 0.821 bits per heavy atom. The van der Waals surface area contributed by atoms with E-state index in [4.69, 9.17) is 0 Å². The normalized spacial score (nSPS) is 12.4. The third kappa shape index (κ3) is 3.99. The van der Waals surface area contributed by atoms with Gasteiger partial charge in [0.15, 0.2) is 0 Å². The van der Waals surface area contributed by atoms with Gasteiger partial charge in [-0.1, -0.05) is 73.8 Å². The first-order valence-corrected chi connectivity index (χ1v) is 9.76. The molecule has 0 aliphatic carbocycles. The van der Waals surface area contributed by atoms with E-state index in [1.165, 1.54) is 22.3 Å². The van der Waals surface area contributed by atoms with Gasteiger partial charge < -0.3 is 5.32 Å². The maximum atomic E-state index is 4.44. The van der Waals surface area contributed by atoms with Crippen LogP contribution in [0.5, 0.6) is 0 Å². The van der Waals surface area contributed by atoms with Crippen molar-refractivity contribution in [1.82, 2.24) is 0 Å². The Bertz CT molecular complexity index is 1030. The number of aryl methyl sites for hydroxylation is 2. The molecule has 28 heavy (non-hydrogen) atoms. The molecule has 0 spiro atoms. The molecule has 0 saturated carbocycles. The number of allylic oxidation sites excluding steroid dienone is 3. The van der Waals surface area contributed by atoms with Crippen LogP contribution in [-0.2, 0) is 19.3 Å². The van der Waals surface area contributed by atoms with Crippen molar-refractivity contribution in [1.29, 1.82) is 0 Å². The van der Waals surface area contributed by atoms with E-state index in [2.05, 4.69) is 91.3 Å². The highest BCUT2D eigenvalue weighted by atomic mass is 14.8. The minimum absolute atomic E-state index is 0.855. The second-order valence-corrected chi connectivity index (χ2v) is 7.31. The van der Waals surface area contributed by atoms with Gasteiger partial charge in [0.2, 0.25) is 0 Å². The van der Waals surface area contributed by atoms with Crippen molar-refractivity contribution in [2.24, 2.45) is 0 Å². The summed E-state index contributed by atoms with van der Waals surface area (Å²) in [6.45, 7) is 8.65. The summed E-state index contributed by atoms with van der Waals surface area (Å²) < 4.78 is 0. The van der Waals surface area contributed by atoms with Crippen molar-refractivity contribution < 1.29 is 0 Å². The van der Waals surface area contributed by atoms with E-state index in [-0.39, 0.29) is 0 Å². The molecule has 1 N–H and O–H groups in total. The van der Waals surface area contributed by atoms with Crippen LogP contribution >= 0.6 is 0 Å². The summed E-state index contributed by atoms with van der Waals surface area (Å²) in [6, 6.07) is 25.8. The zero-order valence-electron chi connectivity index (χ0n) is 16.1. The maximum absolute atomic E-state index is 4.44. The molecule has 0 amide bonds. The number of benzene rings is 3. The fourth-order valence-corrected chi connectivity index (χ4v) is 3.75. The summed E-state index contributed by atoms with van der Waals surface area (Å²) in [7, 11) is 0. The first-order chi connectivity index (χ1) is 13.7. The summed E-state index contributed by atoms with van der Waals surface area (Å²) in [5.74, 6) is 0. The van der Waals surface area contributed by atoms with Crippen LogP contribution in [0, 0.1) is 0 Å². The monoisotopic (exact) mass is 363 g/mol. The largest absolute Gasteiger partial charge is 0.361 e. The molecule has 0 fully saturated rings. The predicted octanol–water partition coefficient (Wildman–Crippen LogP) is 6.68. The lowest BCUT2D eigenvalue weighted by molar-refractivity contribution is 0.954. The van der Waals surface area contributed by atoms with Crippen LogP contribution < -0.4 is 5.32 Å². The highest BCUT2D eigenvalue weighted by Gasteiger charge is 2.15. The molecule has 0 bridgehead atoms. The zero-order chi connectivity index (χ0) is 19.3. The van der Waals surface area contributed by atoms with E-state index < -0.39 is 0 Å². The third-order valence-electron chi connectivity index (χ3n) is 5.28. The molecule has 1 nitrogen and oxygen atoms in total. The summed E-state index contributed by atoms with van der Waals surface area (Å²) in [5, 5.41) is 3.38. The van der Waals surface area contributed by atoms with E-state index in [1.807, 2.05) is 12.3 Å². The molecule has 0 saturated heterocycles. The van der Waals surface area contributed by atoms with Gasteiger partial charge in [-0.15, -0.1) is 0 Å². The molecule has 138 valence electrons. The van der Waals surface area contributed by atoms with Gasteiger partial charge in [-0.2, -0.15) is 0 Å². The molecule has 3 aromatic rings. The van der Waals surface area contributed by atoms with Crippen LogP contribution in [0.25, 0.3) is 11.1 Å². The maximum Gasteiger partial charge on any atom is 0.0462 e. The first kappa shape index (κ1) is 18.1. The highest BCUT2D eigenvalue weighted by Crippen LogP contribution is 2.34. The molecule has 1 aliphatic rings. The topological polar surface area (TPSA) is 12.0 Å². The Labute approximate surface area is 167 Å². The molecule has 4 rings (SSSR count). The molecule has 0 aromatic heterocycles. The summed E-state index contributed by atoms with van der Waals surface area (Å²) in [5.41, 5.74) is 9.71. The zero-order valence-corrected chi connectivity index (χ0v) is 16.1. The van der Waals surface area contributed by atoms with Crippen LogP contribution in [0.2, 0.25) is 0 Å². The quantitative estimate of drug-likeness (QED) is 0.515. The van der Waals surface area contributed by atoms with E-state index in [0.717, 1.165) is 41.7 Å². The van der Waals surface area contributed by atoms with E-state index in [1.54, 1.807) is 0 Å². The van der Waals surface area contributed by atoms with Crippen LogP contribution in [0.15, 0.2) is 98.2 Å². The molecule has 0 unspecified atom stereocenters. The smallest absolute Gasteiger partial charge is 0.0462 e. The first-order valence-electron chi connectivity index (χ1n) is 9.76. The molecule has 1 aliphatic heterocycles. The van der Waals surface area contributed by atoms with E-state index in [0.29, 0.717) is 0 Å². The van der Waals surface area contributed by atoms with Gasteiger partial charge in [0.1, 0.15) is 0 Å². The Kier molecular flexibility index (Phi) is 5.25. The van der Waals surface area contributed by atoms with Crippen LogP contribution in [0.4, 0.5) is 5.69 Å². The number of hydrogen-bond acceptors (Lipinski definition) is 1. The average Bonchev–Trinajstić information content (AvgIpc) is 2.73. The van der Waals surface area contributed by atoms with Gasteiger partial charge in [0.05, 0.1) is 0 Å². The van der Waals surface area contributed by atoms with Gasteiger partial charge in [-0.05, 0) is 70.9 Å². The van der Waals surface area contributed by atoms with Gasteiger partial charge in [0, 0.05) is 17.5 Å². The van der Waals surface area contributed by atoms with Crippen LogP contribution in [-0.4, -0.2) is 0 Å². The number of anilines is 1. The molecule has 0 atom stereocenters. The highest BCUT2D eigenvalue weighted by molar-refractivity contribution is 5.87. The fraction of sp³-hybridized carbons (Fsp3) is 0.111. The van der Waals surface area contributed by atoms with Gasteiger partial charge in [0.25, 0.3) is 0 Å². The summed E-state index contributed by atoms with van der Waals surface area (Å²) >= 11 is 0. The van der Waals surface area contributed by atoms with Gasteiger partial charge in [-0.3, -0.25) is 0 Å². The number of rotatable bonds is 6. The Balaban J connectivity index is 1.67. The lowest BCUT2D eigenvalue weighted by Gasteiger charge is -2.21. The Morgan fingerprint density at radius 3 is 2.21 bits per heavy atom. The van der Waals surface area contributed by atoms with E-state index >= 15 is 0 Å². The van der Waals surface area contributed by atoms with Crippen molar-refractivity contribution in [3.63, 3.8) is 0 Å². The van der Waals surface area contributed by atoms with Gasteiger partial charge >= 0.3 is 0 Å². The summed E-state index contributed by atoms with van der Waals surface area (Å²) in [6.07, 6.45) is 6.84. The van der Waals surface area contributed by atoms with Crippen LogP contribution in [0.3, 0.4) is 0 Å². The minimum atomic E-state index is 0.855. The van der Waals surface area contributed by atoms with Crippen molar-refractivity contribution in [2.45, 2.75) is 19.3 Å². The Morgan fingerprint density at radius 2 is 1.50 bits per heavy atom. The van der Waals surface area contributed by atoms with Crippen molar-refractivity contribution >= 4 is 16.8 Å². The lowest BCUT2D eigenvalue weighted by atomic mass is 9.88. The van der Waals surface area contributed by atoms with Crippen LogP contribution in [0.1, 0.15) is 27.8 Å². The molecular formula is C27H25N. The minimum Gasteiger partial charge on any atom is -0.361 e. The Hall–Kier alpha value is -3.32. The number of fused-ring (bicyclic) bond motifs is 1. The summed E-state index contributed by atoms with van der Waals surface area (Å²) in [4.78, 5) is 0. The van der Waals surface area contributed by atoms with E-state index in [9.17, 15) is 0 Å². The predicted molar refractivity (Wildman–Crippen MR) is 121 cm³/mol. The lowest BCUT2D eigenvalue weighted by Crippen LogP contribution is -2.05. The standard InChI is InChI=1S/C27H25N/c1-20-15-16-28-27-18-24(14-13-22-9-5-3-6-10-22)25(19-26(20)27)21(2)17-23-11-7-4-8-12-23/h3-12,15-16,18-19,28H,1-2,13-14,17H2.